The summed E-state index contributed by atoms with van der Waals surface area (Å²) in [5, 5.41) is 3.69. The molecule has 7 heteroatoms. The molecular weight excluding hydrogens is 332 g/mol. The van der Waals surface area contributed by atoms with Gasteiger partial charge in [-0.05, 0) is 17.7 Å². The van der Waals surface area contributed by atoms with E-state index >= 15 is 0 Å². The fraction of sp³-hybridized carbons (Fsp3) is 0.375. The number of amides is 2. The van der Waals surface area contributed by atoms with Crippen molar-refractivity contribution in [2.45, 2.75) is 12.3 Å². The highest BCUT2D eigenvalue weighted by Gasteiger charge is 2.07. The van der Waals surface area contributed by atoms with Crippen molar-refractivity contribution in [1.29, 1.82) is 0 Å². The molecule has 0 atom stereocenters. The Morgan fingerprint density at radius 2 is 2.35 bits per heavy atom. The average Bonchev–Trinajstić information content (AvgIpc) is 3.05. The third-order valence-electron chi connectivity index (χ3n) is 3.28. The number of thioether (sulfide) groups is 1. The Bertz CT molecular complexity index is 606. The predicted molar refractivity (Wildman–Crippen MR) is 95.9 cm³/mol. The number of benzene rings is 1. The molecule has 0 aliphatic heterocycles. The van der Waals surface area contributed by atoms with E-state index in [9.17, 15) is 4.79 Å². The van der Waals surface area contributed by atoms with Crippen LogP contribution in [0.3, 0.4) is 0 Å². The van der Waals surface area contributed by atoms with E-state index in [4.69, 9.17) is 11.6 Å². The molecule has 0 aliphatic carbocycles. The molecule has 2 amide bonds. The number of nitrogens with zero attached hydrogens (tertiary/aromatic N) is 3. The van der Waals surface area contributed by atoms with Crippen LogP contribution in [0, 0.1) is 0 Å². The zero-order chi connectivity index (χ0) is 16.5. The summed E-state index contributed by atoms with van der Waals surface area (Å²) in [4.78, 5) is 17.6. The van der Waals surface area contributed by atoms with Crippen LogP contribution in [0.25, 0.3) is 0 Å². The standard InChI is InChI=1S/C16H21ClN4OS/c1-20(8-9-21-7-5-18-13-21)16(22)19-6-10-23-12-14-3-2-4-15(17)11-14/h2-5,7,11,13H,6,8-10,12H2,1H3,(H,19,22). The second-order valence-corrected chi connectivity index (χ2v) is 6.68. The first-order valence-corrected chi connectivity index (χ1v) is 8.95. The van der Waals surface area contributed by atoms with Gasteiger partial charge in [-0.15, -0.1) is 0 Å². The number of hydrogen-bond acceptors (Lipinski definition) is 3. The maximum absolute atomic E-state index is 11.9. The molecule has 0 fully saturated rings. The fourth-order valence-electron chi connectivity index (χ4n) is 1.97. The normalized spacial score (nSPS) is 10.5. The van der Waals surface area contributed by atoms with Crippen molar-refractivity contribution >= 4 is 29.4 Å². The van der Waals surface area contributed by atoms with Crippen molar-refractivity contribution in [3.05, 3.63) is 53.6 Å². The van der Waals surface area contributed by atoms with E-state index in [1.807, 2.05) is 29.0 Å². The number of rotatable bonds is 8. The summed E-state index contributed by atoms with van der Waals surface area (Å²) >= 11 is 7.73. The Hall–Kier alpha value is -1.66. The maximum Gasteiger partial charge on any atom is 0.317 e. The van der Waals surface area contributed by atoms with Crippen LogP contribution in [-0.4, -0.2) is 46.4 Å². The lowest BCUT2D eigenvalue weighted by atomic mass is 10.2. The molecule has 1 aromatic heterocycles. The van der Waals surface area contributed by atoms with Gasteiger partial charge in [0.1, 0.15) is 0 Å². The Morgan fingerprint density at radius 1 is 1.48 bits per heavy atom. The molecule has 2 aromatic rings. The summed E-state index contributed by atoms with van der Waals surface area (Å²) in [6.45, 7) is 2.05. The predicted octanol–water partition coefficient (Wildman–Crippen LogP) is 3.11. The van der Waals surface area contributed by atoms with E-state index in [0.29, 0.717) is 13.1 Å². The van der Waals surface area contributed by atoms with E-state index in [2.05, 4.69) is 16.4 Å². The van der Waals surface area contributed by atoms with Crippen molar-refractivity contribution < 1.29 is 4.79 Å². The summed E-state index contributed by atoms with van der Waals surface area (Å²) in [7, 11) is 1.80. The van der Waals surface area contributed by atoms with Crippen molar-refractivity contribution in [3.63, 3.8) is 0 Å². The highest BCUT2D eigenvalue weighted by atomic mass is 35.5. The molecule has 1 heterocycles. The van der Waals surface area contributed by atoms with E-state index < -0.39 is 0 Å². The van der Waals surface area contributed by atoms with Gasteiger partial charge in [0.05, 0.1) is 6.33 Å². The lowest BCUT2D eigenvalue weighted by Gasteiger charge is -2.18. The molecule has 0 radical (unpaired) electrons. The first-order chi connectivity index (χ1) is 11.1. The lowest BCUT2D eigenvalue weighted by Crippen LogP contribution is -2.39. The minimum Gasteiger partial charge on any atom is -0.337 e. The Labute approximate surface area is 146 Å². The van der Waals surface area contributed by atoms with Gasteiger partial charge in [-0.3, -0.25) is 0 Å². The highest BCUT2D eigenvalue weighted by Crippen LogP contribution is 2.16. The van der Waals surface area contributed by atoms with Crippen LogP contribution in [0.2, 0.25) is 5.02 Å². The quantitative estimate of drug-likeness (QED) is 0.743. The van der Waals surface area contributed by atoms with Gasteiger partial charge in [-0.1, -0.05) is 23.7 Å². The van der Waals surface area contributed by atoms with E-state index in [-0.39, 0.29) is 6.03 Å². The first-order valence-electron chi connectivity index (χ1n) is 7.42. The van der Waals surface area contributed by atoms with Crippen LogP contribution in [0.5, 0.6) is 0 Å². The van der Waals surface area contributed by atoms with Gasteiger partial charge in [0.2, 0.25) is 0 Å². The lowest BCUT2D eigenvalue weighted by molar-refractivity contribution is 0.208. The molecule has 0 aliphatic rings. The molecule has 5 nitrogen and oxygen atoms in total. The summed E-state index contributed by atoms with van der Waals surface area (Å²) in [6.07, 6.45) is 5.37. The van der Waals surface area contributed by atoms with Crippen LogP contribution in [0.15, 0.2) is 43.0 Å². The Balaban J connectivity index is 1.57. The van der Waals surface area contributed by atoms with Crippen molar-refractivity contribution in [1.82, 2.24) is 19.8 Å². The minimum atomic E-state index is -0.0477. The number of carbonyl (C=O) groups excluding carboxylic acids is 1. The largest absolute Gasteiger partial charge is 0.337 e. The second-order valence-electron chi connectivity index (χ2n) is 5.14. The number of likely N-dealkylation sites (N-methyl/N-ethyl adjacent to an activating group) is 1. The summed E-state index contributed by atoms with van der Waals surface area (Å²) in [5.41, 5.74) is 1.20. The maximum atomic E-state index is 11.9. The minimum absolute atomic E-state index is 0.0477. The van der Waals surface area contributed by atoms with Gasteiger partial charge >= 0.3 is 6.03 Å². The number of halogens is 1. The summed E-state index contributed by atoms with van der Waals surface area (Å²) in [6, 6.07) is 7.80. The van der Waals surface area contributed by atoms with Crippen LogP contribution in [0.4, 0.5) is 4.79 Å². The van der Waals surface area contributed by atoms with Crippen LogP contribution in [0.1, 0.15) is 5.56 Å². The topological polar surface area (TPSA) is 50.2 Å². The van der Waals surface area contributed by atoms with Crippen molar-refractivity contribution in [2.75, 3.05) is 25.9 Å². The molecule has 0 saturated carbocycles. The highest BCUT2D eigenvalue weighted by molar-refractivity contribution is 7.98. The van der Waals surface area contributed by atoms with Gasteiger partial charge in [0.15, 0.2) is 0 Å². The molecule has 124 valence electrons. The number of carbonyl (C=O) groups is 1. The average molecular weight is 353 g/mol. The number of urea groups is 1. The Kier molecular flexibility index (Phi) is 7.29. The number of aromatic nitrogens is 2. The van der Waals surface area contributed by atoms with Crippen LogP contribution >= 0.6 is 23.4 Å². The smallest absolute Gasteiger partial charge is 0.317 e. The number of nitrogens with one attached hydrogen (secondary N) is 1. The van der Waals surface area contributed by atoms with E-state index in [1.54, 1.807) is 36.2 Å². The fourth-order valence-corrected chi connectivity index (χ4v) is 2.99. The van der Waals surface area contributed by atoms with Gasteiger partial charge in [-0.2, -0.15) is 11.8 Å². The van der Waals surface area contributed by atoms with E-state index in [1.165, 1.54) is 5.56 Å². The third kappa shape index (κ3) is 6.54. The second kappa shape index (κ2) is 9.47. The number of imidazole rings is 1. The van der Waals surface area contributed by atoms with Crippen molar-refractivity contribution in [3.8, 4) is 0 Å². The number of hydrogen-bond donors (Lipinski definition) is 1. The molecule has 0 bridgehead atoms. The zero-order valence-electron chi connectivity index (χ0n) is 13.1. The summed E-state index contributed by atoms with van der Waals surface area (Å²) < 4.78 is 1.95. The molecule has 0 unspecified atom stereocenters. The molecule has 1 N–H and O–H groups in total. The van der Waals surface area contributed by atoms with E-state index in [0.717, 1.165) is 23.1 Å². The third-order valence-corrected chi connectivity index (χ3v) is 4.55. The molecule has 1 aromatic carbocycles. The monoisotopic (exact) mass is 352 g/mol. The van der Waals surface area contributed by atoms with Crippen molar-refractivity contribution in [2.24, 2.45) is 0 Å². The molecule has 2 rings (SSSR count). The first kappa shape index (κ1) is 17.7. The van der Waals surface area contributed by atoms with Crippen LogP contribution in [-0.2, 0) is 12.3 Å². The SMILES string of the molecule is CN(CCn1ccnc1)C(=O)NCCSCc1cccc(Cl)c1. The molecule has 0 saturated heterocycles. The zero-order valence-corrected chi connectivity index (χ0v) is 14.7. The van der Waals surface area contributed by atoms with Gasteiger partial charge in [-0.25, -0.2) is 9.78 Å². The van der Waals surface area contributed by atoms with Gasteiger partial charge < -0.3 is 14.8 Å². The summed E-state index contributed by atoms with van der Waals surface area (Å²) in [5.74, 6) is 1.76. The molecule has 23 heavy (non-hydrogen) atoms. The van der Waals surface area contributed by atoms with Crippen LogP contribution < -0.4 is 5.32 Å². The van der Waals surface area contributed by atoms with Gasteiger partial charge in [0.25, 0.3) is 0 Å². The van der Waals surface area contributed by atoms with Gasteiger partial charge in [0, 0.05) is 55.6 Å². The Morgan fingerprint density at radius 3 is 3.09 bits per heavy atom. The molecule has 0 spiro atoms. The molecular formula is C16H21ClN4OS.